The van der Waals surface area contributed by atoms with Gasteiger partial charge in [0, 0.05) is 11.6 Å². The van der Waals surface area contributed by atoms with E-state index in [2.05, 4.69) is 0 Å². The highest BCUT2D eigenvalue weighted by Crippen LogP contribution is 2.44. The lowest BCUT2D eigenvalue weighted by Crippen LogP contribution is -2.60. The Kier molecular flexibility index (Phi) is 6.84. The lowest BCUT2D eigenvalue weighted by atomic mass is 9.99. The molecule has 36 heavy (non-hydrogen) atoms. The van der Waals surface area contributed by atoms with Crippen molar-refractivity contribution >= 4 is 11.0 Å². The van der Waals surface area contributed by atoms with Gasteiger partial charge >= 0.3 is 0 Å². The highest BCUT2D eigenvalue weighted by atomic mass is 16.7. The van der Waals surface area contributed by atoms with Gasteiger partial charge in [-0.3, -0.25) is 4.79 Å². The molecule has 1 aliphatic heterocycles. The Hall–Kier alpha value is -3.75. The van der Waals surface area contributed by atoms with Gasteiger partial charge in [0.05, 0.1) is 20.8 Å². The fraction of sp³-hybridized carbons (Fsp3) is 0.348. The zero-order valence-corrected chi connectivity index (χ0v) is 19.0. The fourth-order valence-corrected chi connectivity index (χ4v) is 3.88. The maximum atomic E-state index is 13.6. The maximum absolute atomic E-state index is 13.6. The third-order valence-electron chi connectivity index (χ3n) is 5.78. The van der Waals surface area contributed by atoms with Gasteiger partial charge in [-0.15, -0.1) is 0 Å². The summed E-state index contributed by atoms with van der Waals surface area (Å²) >= 11 is 0. The molecule has 4 rings (SSSR count). The molecule has 5 atom stereocenters. The zero-order chi connectivity index (χ0) is 26.3. The fourth-order valence-electron chi connectivity index (χ4n) is 3.88. The van der Waals surface area contributed by atoms with E-state index >= 15 is 0 Å². The Morgan fingerprint density at radius 2 is 1.64 bits per heavy atom. The van der Waals surface area contributed by atoms with Crippen LogP contribution in [0.3, 0.4) is 0 Å². The molecule has 0 aliphatic carbocycles. The molecule has 13 heteroatoms. The second-order valence-corrected chi connectivity index (χ2v) is 7.94. The minimum absolute atomic E-state index is 0.00876. The van der Waals surface area contributed by atoms with Crippen LogP contribution in [0.2, 0.25) is 0 Å². The van der Waals surface area contributed by atoms with E-state index in [1.807, 2.05) is 0 Å². The lowest BCUT2D eigenvalue weighted by molar-refractivity contribution is -0.277. The van der Waals surface area contributed by atoms with Crippen molar-refractivity contribution in [3.8, 4) is 45.8 Å². The van der Waals surface area contributed by atoms with Crippen LogP contribution in [0.1, 0.15) is 0 Å². The summed E-state index contributed by atoms with van der Waals surface area (Å²) in [5.74, 6) is -2.80. The predicted molar refractivity (Wildman–Crippen MR) is 120 cm³/mol. The van der Waals surface area contributed by atoms with E-state index < -0.39 is 71.1 Å². The minimum atomic E-state index is -1.86. The van der Waals surface area contributed by atoms with Crippen LogP contribution < -0.4 is 19.6 Å². The van der Waals surface area contributed by atoms with E-state index in [1.54, 1.807) is 0 Å². The molecule has 1 saturated heterocycles. The Labute approximate surface area is 202 Å². The number of rotatable bonds is 6. The Bertz CT molecular complexity index is 1330. The molecule has 0 saturated carbocycles. The van der Waals surface area contributed by atoms with Crippen LogP contribution in [0.15, 0.2) is 33.5 Å². The SMILES string of the molecule is COc1cc(-c2oc3cc(O)c(OC)c(O)c3c(=O)c2O[C@@H]2O[C@H](CO)[C@@H](O)[C@H](O)[C@H]2O)ccc1O. The molecule has 1 fully saturated rings. The molecule has 194 valence electrons. The number of aromatic hydroxyl groups is 3. The van der Waals surface area contributed by atoms with Gasteiger partial charge in [0.15, 0.2) is 28.8 Å². The van der Waals surface area contributed by atoms with Gasteiger partial charge in [-0.05, 0) is 18.2 Å². The van der Waals surface area contributed by atoms with Crippen molar-refractivity contribution in [2.75, 3.05) is 20.8 Å². The molecular formula is C23H24O13. The molecule has 1 aromatic heterocycles. The van der Waals surface area contributed by atoms with Crippen molar-refractivity contribution in [2.45, 2.75) is 30.7 Å². The molecule has 2 aromatic carbocycles. The zero-order valence-electron chi connectivity index (χ0n) is 19.0. The second kappa shape index (κ2) is 9.72. The number of methoxy groups -OCH3 is 2. The van der Waals surface area contributed by atoms with Crippen LogP contribution in [0.25, 0.3) is 22.3 Å². The van der Waals surface area contributed by atoms with Gasteiger partial charge in [0.1, 0.15) is 35.4 Å². The van der Waals surface area contributed by atoms with Crippen LogP contribution >= 0.6 is 0 Å². The number of ether oxygens (including phenoxy) is 4. The average molecular weight is 508 g/mol. The number of fused-ring (bicyclic) bond motifs is 1. The highest BCUT2D eigenvalue weighted by Gasteiger charge is 2.45. The molecule has 0 spiro atoms. The first-order chi connectivity index (χ1) is 17.1. The molecule has 0 bridgehead atoms. The summed E-state index contributed by atoms with van der Waals surface area (Å²) in [7, 11) is 2.45. The van der Waals surface area contributed by atoms with Gasteiger partial charge < -0.3 is 59.1 Å². The van der Waals surface area contributed by atoms with Crippen molar-refractivity contribution in [3.05, 3.63) is 34.5 Å². The first-order valence-electron chi connectivity index (χ1n) is 10.6. The first-order valence-corrected chi connectivity index (χ1v) is 10.6. The third kappa shape index (κ3) is 4.12. The number of phenols is 3. The summed E-state index contributed by atoms with van der Waals surface area (Å²) in [4.78, 5) is 13.6. The second-order valence-electron chi connectivity index (χ2n) is 7.94. The lowest BCUT2D eigenvalue weighted by Gasteiger charge is -2.39. The summed E-state index contributed by atoms with van der Waals surface area (Å²) in [6.07, 6.45) is -8.42. The molecule has 13 nitrogen and oxygen atoms in total. The quantitative estimate of drug-likeness (QED) is 0.230. The van der Waals surface area contributed by atoms with Gasteiger partial charge in [-0.1, -0.05) is 0 Å². The summed E-state index contributed by atoms with van der Waals surface area (Å²) in [5.41, 5.74) is -1.11. The van der Waals surface area contributed by atoms with Crippen molar-refractivity contribution < 1.29 is 59.1 Å². The standard InChI is InChI=1S/C23H24O13/c1-32-11-5-8(3-4-9(11)25)20-22(36-23-19(31)18(30)15(27)13(7-24)35-23)17(29)14-12(34-20)6-10(26)21(33-2)16(14)28/h3-6,13,15,18-19,23-28,30-31H,7H2,1-2H3/t13-,15-,18+,19-,23+/m1/s1. The van der Waals surface area contributed by atoms with E-state index in [-0.39, 0.29) is 28.4 Å². The predicted octanol–water partition coefficient (Wildman–Crippen LogP) is -0.227. The molecule has 0 radical (unpaired) electrons. The van der Waals surface area contributed by atoms with Gasteiger partial charge in [0.25, 0.3) is 0 Å². The molecule has 2 heterocycles. The van der Waals surface area contributed by atoms with Crippen LogP contribution in [0, 0.1) is 0 Å². The van der Waals surface area contributed by atoms with E-state index in [4.69, 9.17) is 23.4 Å². The van der Waals surface area contributed by atoms with Gasteiger partial charge in [0.2, 0.25) is 23.2 Å². The summed E-state index contributed by atoms with van der Waals surface area (Å²) in [6.45, 7) is -0.740. The summed E-state index contributed by atoms with van der Waals surface area (Å²) < 4.78 is 26.8. The molecule has 0 amide bonds. The molecule has 7 N–H and O–H groups in total. The third-order valence-corrected chi connectivity index (χ3v) is 5.78. The van der Waals surface area contributed by atoms with Crippen LogP contribution in [-0.2, 0) is 4.74 Å². The van der Waals surface area contributed by atoms with E-state index in [0.29, 0.717) is 0 Å². The molecule has 1 aliphatic rings. The number of benzene rings is 2. The normalized spacial score (nSPS) is 24.0. The van der Waals surface area contributed by atoms with Crippen molar-refractivity contribution in [2.24, 2.45) is 0 Å². The number of hydrogen-bond donors (Lipinski definition) is 7. The smallest absolute Gasteiger partial charge is 0.239 e. The molecule has 3 aromatic rings. The topological polar surface area (TPSA) is 209 Å². The number of hydrogen-bond acceptors (Lipinski definition) is 13. The van der Waals surface area contributed by atoms with Crippen LogP contribution in [0.5, 0.6) is 34.5 Å². The highest BCUT2D eigenvalue weighted by molar-refractivity contribution is 5.91. The van der Waals surface area contributed by atoms with Gasteiger partial charge in [-0.2, -0.15) is 0 Å². The molecular weight excluding hydrogens is 484 g/mol. The summed E-state index contributed by atoms with van der Waals surface area (Å²) in [5, 5.41) is 70.3. The maximum Gasteiger partial charge on any atom is 0.239 e. The van der Waals surface area contributed by atoms with Crippen molar-refractivity contribution in [1.29, 1.82) is 0 Å². The summed E-state index contributed by atoms with van der Waals surface area (Å²) in [6, 6.07) is 4.95. The van der Waals surface area contributed by atoms with Gasteiger partial charge in [-0.25, -0.2) is 0 Å². The van der Waals surface area contributed by atoms with Crippen LogP contribution in [0.4, 0.5) is 0 Å². The monoisotopic (exact) mass is 508 g/mol. The van der Waals surface area contributed by atoms with E-state index in [1.165, 1.54) is 25.3 Å². The minimum Gasteiger partial charge on any atom is -0.504 e. The first kappa shape index (κ1) is 25.3. The average Bonchev–Trinajstić information content (AvgIpc) is 2.85. The van der Waals surface area contributed by atoms with Crippen molar-refractivity contribution in [3.63, 3.8) is 0 Å². The Morgan fingerprint density at radius 3 is 2.28 bits per heavy atom. The number of aliphatic hydroxyl groups is 4. The largest absolute Gasteiger partial charge is 0.504 e. The number of aliphatic hydroxyl groups excluding tert-OH is 4. The number of phenolic OH excluding ortho intramolecular Hbond substituents is 3. The Morgan fingerprint density at radius 1 is 0.917 bits per heavy atom. The molecule has 0 unspecified atom stereocenters. The Balaban J connectivity index is 1.96. The van der Waals surface area contributed by atoms with E-state index in [0.717, 1.165) is 13.2 Å². The van der Waals surface area contributed by atoms with E-state index in [9.17, 15) is 40.5 Å². The van der Waals surface area contributed by atoms with Crippen molar-refractivity contribution in [1.82, 2.24) is 0 Å². The van der Waals surface area contributed by atoms with Crippen LogP contribution in [-0.4, -0.2) is 87.3 Å².